The molecule has 0 saturated carbocycles. The highest BCUT2D eigenvalue weighted by Crippen LogP contribution is 2.27. The predicted octanol–water partition coefficient (Wildman–Crippen LogP) is 4.55. The Morgan fingerprint density at radius 2 is 1.83 bits per heavy atom. The molecule has 5 nitrogen and oxygen atoms in total. The summed E-state index contributed by atoms with van der Waals surface area (Å²) in [6, 6.07) is 13.1. The zero-order valence-corrected chi connectivity index (χ0v) is 17.1. The van der Waals surface area contributed by atoms with Crippen LogP contribution in [0.25, 0.3) is 10.6 Å². The first kappa shape index (κ1) is 21.1. The topological polar surface area (TPSA) is 76.1 Å². The van der Waals surface area contributed by atoms with Crippen LogP contribution in [0, 0.1) is 0 Å². The predicted molar refractivity (Wildman–Crippen MR) is 109 cm³/mol. The SMILES string of the molecule is CCc1ccc(-c2nc(CC(=O)Nc3ccccc3S(=O)(=O)C(F)F)cs2)cc1. The van der Waals surface area contributed by atoms with Gasteiger partial charge in [-0.25, -0.2) is 13.4 Å². The molecule has 0 aliphatic carbocycles. The fourth-order valence-corrected chi connectivity index (χ4v) is 4.39. The highest BCUT2D eigenvalue weighted by molar-refractivity contribution is 7.91. The van der Waals surface area contributed by atoms with Gasteiger partial charge in [-0.3, -0.25) is 4.79 Å². The first-order chi connectivity index (χ1) is 13.8. The maximum Gasteiger partial charge on any atom is 0.341 e. The van der Waals surface area contributed by atoms with Crippen molar-refractivity contribution in [3.63, 3.8) is 0 Å². The Morgan fingerprint density at radius 3 is 2.48 bits per heavy atom. The number of anilines is 1. The van der Waals surface area contributed by atoms with Crippen LogP contribution in [0.1, 0.15) is 18.2 Å². The van der Waals surface area contributed by atoms with Gasteiger partial charge in [0.25, 0.3) is 0 Å². The van der Waals surface area contributed by atoms with Crippen LogP contribution in [-0.4, -0.2) is 25.1 Å². The first-order valence-corrected chi connectivity index (χ1v) is 11.2. The summed E-state index contributed by atoms with van der Waals surface area (Å²) in [6.07, 6.45) is 0.832. The van der Waals surface area contributed by atoms with Gasteiger partial charge in [0.1, 0.15) is 5.01 Å². The number of hydrogen-bond acceptors (Lipinski definition) is 5. The lowest BCUT2D eigenvalue weighted by molar-refractivity contribution is -0.115. The van der Waals surface area contributed by atoms with Gasteiger partial charge in [0, 0.05) is 10.9 Å². The van der Waals surface area contributed by atoms with Crippen molar-refractivity contribution in [2.24, 2.45) is 0 Å². The number of rotatable bonds is 7. The number of hydrogen-bond donors (Lipinski definition) is 1. The molecule has 9 heteroatoms. The lowest BCUT2D eigenvalue weighted by atomic mass is 10.1. The molecule has 0 unspecified atom stereocenters. The molecule has 2 aromatic carbocycles. The van der Waals surface area contributed by atoms with Crippen molar-refractivity contribution >= 4 is 32.8 Å². The van der Waals surface area contributed by atoms with Crippen molar-refractivity contribution in [1.29, 1.82) is 0 Å². The third-order valence-corrected chi connectivity index (χ3v) is 6.58. The molecule has 0 spiro atoms. The summed E-state index contributed by atoms with van der Waals surface area (Å²) in [5.41, 5.74) is 2.48. The molecular weight excluding hydrogens is 418 g/mol. The lowest BCUT2D eigenvalue weighted by Crippen LogP contribution is -2.19. The number of sulfone groups is 1. The van der Waals surface area contributed by atoms with E-state index < -0.39 is 26.4 Å². The Labute approximate surface area is 171 Å². The van der Waals surface area contributed by atoms with E-state index >= 15 is 0 Å². The van der Waals surface area contributed by atoms with E-state index in [9.17, 15) is 22.0 Å². The summed E-state index contributed by atoms with van der Waals surface area (Å²) in [6.45, 7) is 2.07. The number of alkyl halides is 2. The Morgan fingerprint density at radius 1 is 1.14 bits per heavy atom. The van der Waals surface area contributed by atoms with E-state index in [-0.39, 0.29) is 12.1 Å². The van der Waals surface area contributed by atoms with Crippen molar-refractivity contribution in [2.45, 2.75) is 30.4 Å². The number of aromatic nitrogens is 1. The fourth-order valence-electron chi connectivity index (χ4n) is 2.68. The second-order valence-corrected chi connectivity index (χ2v) is 8.97. The minimum atomic E-state index is -4.83. The molecule has 0 atom stereocenters. The van der Waals surface area contributed by atoms with Crippen LogP contribution in [0.2, 0.25) is 0 Å². The van der Waals surface area contributed by atoms with Gasteiger partial charge in [-0.05, 0) is 24.1 Å². The third-order valence-electron chi connectivity index (χ3n) is 4.20. The molecule has 1 N–H and O–H groups in total. The number of aryl methyl sites for hydroxylation is 1. The number of nitrogens with one attached hydrogen (secondary N) is 1. The average Bonchev–Trinajstić information content (AvgIpc) is 3.16. The Balaban J connectivity index is 1.73. The highest BCUT2D eigenvalue weighted by atomic mass is 32.2. The van der Waals surface area contributed by atoms with E-state index in [0.29, 0.717) is 5.69 Å². The van der Waals surface area contributed by atoms with E-state index in [1.54, 1.807) is 5.38 Å². The van der Waals surface area contributed by atoms with E-state index in [1.165, 1.54) is 35.1 Å². The molecule has 0 aliphatic rings. The molecule has 1 amide bonds. The van der Waals surface area contributed by atoms with Gasteiger partial charge in [0.2, 0.25) is 15.7 Å². The number of carbonyl (C=O) groups excluding carboxylic acids is 1. The van der Waals surface area contributed by atoms with Crippen molar-refractivity contribution < 1.29 is 22.0 Å². The van der Waals surface area contributed by atoms with Gasteiger partial charge in [-0.1, -0.05) is 43.3 Å². The lowest BCUT2D eigenvalue weighted by Gasteiger charge is -2.10. The number of benzene rings is 2. The highest BCUT2D eigenvalue weighted by Gasteiger charge is 2.29. The second kappa shape index (κ2) is 8.79. The molecule has 0 aliphatic heterocycles. The molecule has 0 fully saturated rings. The standard InChI is InChI=1S/C20H18F2N2O3S2/c1-2-13-7-9-14(10-8-13)19-23-15(12-28-19)11-18(25)24-16-5-3-4-6-17(16)29(26,27)20(21)22/h3-10,12,20H,2,11H2,1H3,(H,24,25). The molecule has 152 valence electrons. The number of carbonyl (C=O) groups is 1. The van der Waals surface area contributed by atoms with E-state index in [0.717, 1.165) is 23.1 Å². The molecule has 0 radical (unpaired) electrons. The number of nitrogens with zero attached hydrogens (tertiary/aromatic N) is 1. The fraction of sp³-hybridized carbons (Fsp3) is 0.200. The van der Waals surface area contributed by atoms with Gasteiger partial charge < -0.3 is 5.32 Å². The summed E-state index contributed by atoms with van der Waals surface area (Å²) in [5, 5.41) is 4.90. The van der Waals surface area contributed by atoms with Crippen LogP contribution in [0.4, 0.5) is 14.5 Å². The van der Waals surface area contributed by atoms with Crippen LogP contribution in [0.5, 0.6) is 0 Å². The van der Waals surface area contributed by atoms with Crippen molar-refractivity contribution in [3.05, 3.63) is 65.2 Å². The summed E-state index contributed by atoms with van der Waals surface area (Å²) in [7, 11) is -4.83. The zero-order valence-electron chi connectivity index (χ0n) is 15.4. The molecule has 1 heterocycles. The minimum Gasteiger partial charge on any atom is -0.325 e. The van der Waals surface area contributed by atoms with E-state index in [1.807, 2.05) is 24.3 Å². The van der Waals surface area contributed by atoms with Gasteiger partial charge >= 0.3 is 5.76 Å². The average molecular weight is 437 g/mol. The smallest absolute Gasteiger partial charge is 0.325 e. The van der Waals surface area contributed by atoms with Crippen LogP contribution in [0.15, 0.2) is 58.8 Å². The summed E-state index contributed by atoms with van der Waals surface area (Å²) in [4.78, 5) is 16.2. The number of amides is 1. The number of halogens is 2. The van der Waals surface area contributed by atoms with Gasteiger partial charge in [0.05, 0.1) is 22.7 Å². The zero-order chi connectivity index (χ0) is 21.0. The van der Waals surface area contributed by atoms with Crippen molar-refractivity contribution in [3.8, 4) is 10.6 Å². The van der Waals surface area contributed by atoms with E-state index in [2.05, 4.69) is 17.2 Å². The maximum absolute atomic E-state index is 12.9. The Bertz CT molecular complexity index is 1110. The Kier molecular flexibility index (Phi) is 6.39. The molecule has 3 rings (SSSR count). The van der Waals surface area contributed by atoms with Gasteiger partial charge in [-0.15, -0.1) is 11.3 Å². The van der Waals surface area contributed by atoms with Crippen LogP contribution in [-0.2, 0) is 27.5 Å². The molecule has 3 aromatic rings. The molecule has 1 aromatic heterocycles. The number of para-hydroxylation sites is 1. The molecule has 29 heavy (non-hydrogen) atoms. The van der Waals surface area contributed by atoms with Crippen molar-refractivity contribution in [2.75, 3.05) is 5.32 Å². The summed E-state index contributed by atoms with van der Waals surface area (Å²) < 4.78 is 49.3. The van der Waals surface area contributed by atoms with Gasteiger partial charge in [0.15, 0.2) is 0 Å². The molecular formula is C20H18F2N2O3S2. The summed E-state index contributed by atoms with van der Waals surface area (Å²) >= 11 is 1.39. The normalized spacial score (nSPS) is 11.6. The molecule has 0 saturated heterocycles. The third kappa shape index (κ3) is 4.86. The van der Waals surface area contributed by atoms with E-state index in [4.69, 9.17) is 0 Å². The largest absolute Gasteiger partial charge is 0.341 e. The van der Waals surface area contributed by atoms with Crippen LogP contribution in [0.3, 0.4) is 0 Å². The van der Waals surface area contributed by atoms with Crippen LogP contribution < -0.4 is 5.32 Å². The van der Waals surface area contributed by atoms with Crippen LogP contribution >= 0.6 is 11.3 Å². The summed E-state index contributed by atoms with van der Waals surface area (Å²) in [5.74, 6) is -4.11. The monoisotopic (exact) mass is 436 g/mol. The molecule has 0 bridgehead atoms. The first-order valence-electron chi connectivity index (χ1n) is 8.76. The Hall–Kier alpha value is -2.65. The number of thiazole rings is 1. The van der Waals surface area contributed by atoms with Crippen molar-refractivity contribution in [1.82, 2.24) is 4.98 Å². The quantitative estimate of drug-likeness (QED) is 0.590. The maximum atomic E-state index is 12.9. The van der Waals surface area contributed by atoms with Gasteiger partial charge in [-0.2, -0.15) is 8.78 Å². The minimum absolute atomic E-state index is 0.105. The second-order valence-electron chi connectivity index (χ2n) is 6.22.